The molecule has 0 aliphatic carbocycles. The molecule has 0 N–H and O–H groups in total. The molecule has 0 atom stereocenters. The molecular formula is C16H12N2O5. The number of ketones is 1. The van der Waals surface area contributed by atoms with Crippen molar-refractivity contribution < 1.29 is 18.9 Å². The van der Waals surface area contributed by atoms with Crippen molar-refractivity contribution >= 4 is 17.4 Å². The Labute approximate surface area is 131 Å². The van der Waals surface area contributed by atoms with Crippen molar-refractivity contribution in [3.05, 3.63) is 64.5 Å². The minimum atomic E-state index is -0.472. The largest absolute Gasteiger partial charge is 0.459 e. The van der Waals surface area contributed by atoms with Crippen molar-refractivity contribution in [3.8, 4) is 11.3 Å². The summed E-state index contributed by atoms with van der Waals surface area (Å²) in [6.45, 7) is 0.170. The summed E-state index contributed by atoms with van der Waals surface area (Å²) >= 11 is 0. The lowest BCUT2D eigenvalue weighted by Gasteiger charge is -2.19. The predicted molar refractivity (Wildman–Crippen MR) is 80.1 cm³/mol. The molecule has 1 aromatic carbocycles. The second kappa shape index (κ2) is 5.88. The second-order valence-electron chi connectivity index (χ2n) is 5.02. The Morgan fingerprint density at radius 2 is 1.96 bits per heavy atom. The highest BCUT2D eigenvalue weighted by Gasteiger charge is 2.21. The Balaban J connectivity index is 1.84. The van der Waals surface area contributed by atoms with Crippen molar-refractivity contribution in [1.82, 2.24) is 4.90 Å². The molecule has 0 fully saturated rings. The van der Waals surface area contributed by atoms with Crippen LogP contribution < -0.4 is 0 Å². The summed E-state index contributed by atoms with van der Waals surface area (Å²) in [5, 5.41) is 11.1. The molecule has 0 spiro atoms. The summed E-state index contributed by atoms with van der Waals surface area (Å²) in [6, 6.07) is 9.56. The van der Waals surface area contributed by atoms with Gasteiger partial charge >= 0.3 is 0 Å². The summed E-state index contributed by atoms with van der Waals surface area (Å²) in [7, 11) is 0. The van der Waals surface area contributed by atoms with Crippen LogP contribution in [-0.2, 0) is 16.1 Å². The number of amides is 1. The minimum Gasteiger partial charge on any atom is -0.459 e. The number of carbonyl (C=O) groups is 2. The zero-order valence-electron chi connectivity index (χ0n) is 12.0. The first-order valence-corrected chi connectivity index (χ1v) is 6.87. The molecule has 2 heterocycles. The molecule has 23 heavy (non-hydrogen) atoms. The van der Waals surface area contributed by atoms with Gasteiger partial charge in [-0.1, -0.05) is 12.1 Å². The van der Waals surface area contributed by atoms with Gasteiger partial charge in [-0.2, -0.15) is 0 Å². The number of allylic oxidation sites excluding steroid dienone is 1. The van der Waals surface area contributed by atoms with Gasteiger partial charge in [-0.05, 0) is 24.3 Å². The fraction of sp³-hybridized carbons (Fsp3) is 0.125. The Morgan fingerprint density at radius 1 is 1.17 bits per heavy atom. The normalized spacial score (nSPS) is 14.3. The zero-order valence-corrected chi connectivity index (χ0v) is 12.0. The van der Waals surface area contributed by atoms with E-state index in [4.69, 9.17) is 4.42 Å². The van der Waals surface area contributed by atoms with Crippen LogP contribution in [0.1, 0.15) is 12.2 Å². The van der Waals surface area contributed by atoms with Crippen LogP contribution in [0.3, 0.4) is 0 Å². The molecular weight excluding hydrogens is 300 g/mol. The second-order valence-corrected chi connectivity index (χ2v) is 5.02. The van der Waals surface area contributed by atoms with Gasteiger partial charge in [0.1, 0.15) is 11.5 Å². The van der Waals surface area contributed by atoms with Crippen molar-refractivity contribution in [2.75, 3.05) is 0 Å². The molecule has 7 heteroatoms. The zero-order chi connectivity index (χ0) is 16.4. The van der Waals surface area contributed by atoms with Gasteiger partial charge in [0.25, 0.3) is 5.69 Å². The fourth-order valence-corrected chi connectivity index (χ4v) is 2.32. The maximum absolute atomic E-state index is 11.8. The molecule has 116 valence electrons. The van der Waals surface area contributed by atoms with E-state index in [9.17, 15) is 19.7 Å². The van der Waals surface area contributed by atoms with E-state index in [2.05, 4.69) is 0 Å². The van der Waals surface area contributed by atoms with Crippen molar-refractivity contribution in [2.24, 2.45) is 0 Å². The molecule has 2 aromatic rings. The number of furan rings is 1. The van der Waals surface area contributed by atoms with Crippen LogP contribution in [0, 0.1) is 10.1 Å². The number of nitro groups is 1. The van der Waals surface area contributed by atoms with Gasteiger partial charge in [0.05, 0.1) is 23.5 Å². The summed E-state index contributed by atoms with van der Waals surface area (Å²) in [6.07, 6.45) is 2.60. The highest BCUT2D eigenvalue weighted by molar-refractivity contribution is 6.06. The Hall–Kier alpha value is -3.22. The van der Waals surface area contributed by atoms with Gasteiger partial charge in [0, 0.05) is 12.3 Å². The molecule has 0 unspecified atom stereocenters. The lowest BCUT2D eigenvalue weighted by Crippen LogP contribution is -2.30. The lowest BCUT2D eigenvalue weighted by molar-refractivity contribution is -0.384. The van der Waals surface area contributed by atoms with Crippen molar-refractivity contribution in [1.29, 1.82) is 0 Å². The maximum Gasteiger partial charge on any atom is 0.280 e. The number of hydrogen-bond donors (Lipinski definition) is 0. The van der Waals surface area contributed by atoms with Crippen LogP contribution in [0.5, 0.6) is 0 Å². The molecule has 1 aromatic heterocycles. The van der Waals surface area contributed by atoms with E-state index < -0.39 is 4.92 Å². The molecule has 0 saturated carbocycles. The van der Waals surface area contributed by atoms with E-state index in [1.807, 2.05) is 0 Å². The number of benzene rings is 1. The predicted octanol–water partition coefficient (Wildman–Crippen LogP) is 2.67. The molecule has 3 rings (SSSR count). The smallest absolute Gasteiger partial charge is 0.280 e. The molecule has 0 radical (unpaired) electrons. The highest BCUT2D eigenvalue weighted by Crippen LogP contribution is 2.31. The summed E-state index contributed by atoms with van der Waals surface area (Å²) < 4.78 is 5.62. The number of rotatable bonds is 4. The van der Waals surface area contributed by atoms with Crippen LogP contribution in [0.25, 0.3) is 11.3 Å². The van der Waals surface area contributed by atoms with E-state index in [1.54, 1.807) is 30.3 Å². The number of hydrogen-bond acceptors (Lipinski definition) is 5. The van der Waals surface area contributed by atoms with Crippen molar-refractivity contribution in [3.63, 3.8) is 0 Å². The standard InChI is InChI=1S/C16H12N2O5/c19-11-7-8-17(16(20)9-11)10-12-5-6-15(23-12)13-3-1-2-4-14(13)18(21)22/h1-8H,9-10H2. The van der Waals surface area contributed by atoms with Gasteiger partial charge < -0.3 is 9.32 Å². The monoisotopic (exact) mass is 312 g/mol. The third-order valence-corrected chi connectivity index (χ3v) is 3.44. The van der Waals surface area contributed by atoms with E-state index in [0.29, 0.717) is 17.1 Å². The molecule has 1 aliphatic rings. The van der Waals surface area contributed by atoms with Gasteiger partial charge in [0.2, 0.25) is 5.91 Å². The Morgan fingerprint density at radius 3 is 2.70 bits per heavy atom. The van der Waals surface area contributed by atoms with E-state index in [0.717, 1.165) is 0 Å². The number of para-hydroxylation sites is 1. The average molecular weight is 312 g/mol. The minimum absolute atomic E-state index is 0.0482. The van der Waals surface area contributed by atoms with Crippen molar-refractivity contribution in [2.45, 2.75) is 13.0 Å². The first-order valence-electron chi connectivity index (χ1n) is 6.87. The third kappa shape index (κ3) is 3.03. The van der Waals surface area contributed by atoms with Crippen LogP contribution in [0.4, 0.5) is 5.69 Å². The van der Waals surface area contributed by atoms with Crippen LogP contribution in [0.15, 0.2) is 53.1 Å². The average Bonchev–Trinajstić information content (AvgIpc) is 2.98. The lowest BCUT2D eigenvalue weighted by atomic mass is 10.1. The molecule has 0 saturated heterocycles. The summed E-state index contributed by atoms with van der Waals surface area (Å²) in [5.74, 6) is 0.301. The molecule has 7 nitrogen and oxygen atoms in total. The van der Waals surface area contributed by atoms with Gasteiger partial charge in [-0.25, -0.2) is 0 Å². The Kier molecular flexibility index (Phi) is 3.76. The van der Waals surface area contributed by atoms with Gasteiger partial charge in [-0.3, -0.25) is 19.7 Å². The van der Waals surface area contributed by atoms with Crippen LogP contribution in [-0.4, -0.2) is 21.5 Å². The highest BCUT2D eigenvalue weighted by atomic mass is 16.6. The van der Waals surface area contributed by atoms with Gasteiger partial charge in [0.15, 0.2) is 5.78 Å². The SMILES string of the molecule is O=C1C=CN(Cc2ccc(-c3ccccc3[N+](=O)[O-])o2)C(=O)C1. The van der Waals surface area contributed by atoms with Gasteiger partial charge in [-0.15, -0.1) is 0 Å². The summed E-state index contributed by atoms with van der Waals surface area (Å²) in [5.41, 5.74) is 0.326. The van der Waals surface area contributed by atoms with E-state index in [1.165, 1.54) is 23.2 Å². The fourth-order valence-electron chi connectivity index (χ4n) is 2.32. The van der Waals surface area contributed by atoms with E-state index >= 15 is 0 Å². The number of nitro benzene ring substituents is 1. The topological polar surface area (TPSA) is 93.7 Å². The van der Waals surface area contributed by atoms with Crippen LogP contribution >= 0.6 is 0 Å². The maximum atomic E-state index is 11.8. The third-order valence-electron chi connectivity index (χ3n) is 3.44. The first kappa shape index (κ1) is 14.7. The molecule has 1 aliphatic heterocycles. The van der Waals surface area contributed by atoms with E-state index in [-0.39, 0.29) is 30.3 Å². The number of carbonyl (C=O) groups excluding carboxylic acids is 2. The summed E-state index contributed by atoms with van der Waals surface area (Å²) in [4.78, 5) is 34.9. The number of nitrogens with zero attached hydrogens (tertiary/aromatic N) is 2. The molecule has 0 bridgehead atoms. The molecule has 1 amide bonds. The van der Waals surface area contributed by atoms with Crippen LogP contribution in [0.2, 0.25) is 0 Å². The first-order chi connectivity index (χ1) is 11.0. The quantitative estimate of drug-likeness (QED) is 0.491. The Bertz CT molecular complexity index is 821.